The molecule has 4 nitrogen and oxygen atoms in total. The van der Waals surface area contributed by atoms with Crippen LogP contribution in [0.3, 0.4) is 0 Å². The van der Waals surface area contributed by atoms with Crippen LogP contribution >= 0.6 is 23.2 Å². The summed E-state index contributed by atoms with van der Waals surface area (Å²) in [5.74, 6) is -2.85. The van der Waals surface area contributed by atoms with Crippen LogP contribution in [0.1, 0.15) is 5.56 Å². The van der Waals surface area contributed by atoms with Gasteiger partial charge in [0, 0.05) is 10.6 Å². The van der Waals surface area contributed by atoms with Gasteiger partial charge in [0.05, 0.1) is 5.02 Å². The first-order valence-corrected chi connectivity index (χ1v) is 5.47. The molecule has 0 heterocycles. The Balaban J connectivity index is 2.90. The van der Waals surface area contributed by atoms with E-state index in [0.717, 1.165) is 18.2 Å². The number of rotatable bonds is 4. The molecule has 0 bridgehead atoms. The Morgan fingerprint density at radius 1 is 1.17 bits per heavy atom. The number of carboxylic acids is 1. The molecule has 0 amide bonds. The molecule has 0 aliphatic heterocycles. The Kier molecular flexibility index (Phi) is 4.95. The quantitative estimate of drug-likeness (QED) is 0.386. The van der Waals surface area contributed by atoms with Gasteiger partial charge in [-0.05, 0) is 30.4 Å². The van der Waals surface area contributed by atoms with Crippen LogP contribution in [0, 0.1) is 0 Å². The minimum atomic E-state index is -1.57. The van der Waals surface area contributed by atoms with E-state index in [2.05, 4.69) is 0 Å². The Hall–Kier alpha value is -1.78. The maximum atomic E-state index is 10.7. The minimum absolute atomic E-state index is 0.203. The summed E-state index contributed by atoms with van der Waals surface area (Å²) in [5, 5.41) is 18.7. The summed E-state index contributed by atoms with van der Waals surface area (Å²) >= 11 is 11.5. The van der Waals surface area contributed by atoms with Gasteiger partial charge < -0.3 is 10.2 Å². The number of aliphatic hydroxyl groups excluding tert-OH is 1. The van der Waals surface area contributed by atoms with Crippen molar-refractivity contribution in [2.75, 3.05) is 0 Å². The molecular formula is C12H8Cl2O4. The first kappa shape index (κ1) is 14.3. The van der Waals surface area contributed by atoms with Crippen LogP contribution in [-0.2, 0) is 9.59 Å². The van der Waals surface area contributed by atoms with Gasteiger partial charge in [0.15, 0.2) is 0 Å². The molecule has 1 aromatic carbocycles. The number of ketones is 1. The van der Waals surface area contributed by atoms with E-state index in [1.807, 2.05) is 0 Å². The highest BCUT2D eigenvalue weighted by molar-refractivity contribution is 6.37. The lowest BCUT2D eigenvalue weighted by Gasteiger charge is -2.02. The predicted octanol–water partition coefficient (Wildman–Crippen LogP) is 3.10. The zero-order valence-electron chi connectivity index (χ0n) is 8.93. The largest absolute Gasteiger partial charge is 0.507 e. The smallest absolute Gasteiger partial charge is 0.376 e. The number of allylic oxidation sites excluding steroid dienone is 2. The van der Waals surface area contributed by atoms with E-state index in [1.54, 1.807) is 6.07 Å². The molecule has 0 unspecified atom stereocenters. The van der Waals surface area contributed by atoms with Gasteiger partial charge in [0.1, 0.15) is 5.76 Å². The van der Waals surface area contributed by atoms with Crippen LogP contribution in [0.25, 0.3) is 5.76 Å². The molecule has 0 spiro atoms. The lowest BCUT2D eigenvalue weighted by Crippen LogP contribution is -2.08. The summed E-state index contributed by atoms with van der Waals surface area (Å²) in [7, 11) is 0. The van der Waals surface area contributed by atoms with Crippen LogP contribution in [0.4, 0.5) is 0 Å². The number of aliphatic hydroxyl groups is 1. The average Bonchev–Trinajstić information content (AvgIpc) is 2.28. The van der Waals surface area contributed by atoms with Gasteiger partial charge in [-0.3, -0.25) is 4.79 Å². The standard InChI is InChI=1S/C12H8Cl2O4/c13-7-4-5-8(9(14)6-7)10(15)2-1-3-11(16)12(17)18/h1-6,15H,(H,17,18)/b3-1+,10-2-. The van der Waals surface area contributed by atoms with E-state index >= 15 is 0 Å². The van der Waals surface area contributed by atoms with Gasteiger partial charge in [-0.25, -0.2) is 4.79 Å². The van der Waals surface area contributed by atoms with Gasteiger partial charge in [0.25, 0.3) is 5.78 Å². The number of carbonyl (C=O) groups excluding carboxylic acids is 1. The Bertz CT molecular complexity index is 547. The molecule has 0 fully saturated rings. The molecule has 18 heavy (non-hydrogen) atoms. The van der Waals surface area contributed by atoms with E-state index in [-0.39, 0.29) is 10.8 Å². The molecule has 1 rings (SSSR count). The number of halogens is 2. The van der Waals surface area contributed by atoms with Crippen LogP contribution in [0.2, 0.25) is 10.0 Å². The second-order valence-corrected chi connectivity index (χ2v) is 4.05. The van der Waals surface area contributed by atoms with Gasteiger partial charge in [-0.15, -0.1) is 0 Å². The zero-order valence-corrected chi connectivity index (χ0v) is 10.4. The third kappa shape index (κ3) is 3.91. The maximum absolute atomic E-state index is 10.7. The first-order valence-electron chi connectivity index (χ1n) is 4.72. The van der Waals surface area contributed by atoms with Crippen LogP contribution < -0.4 is 0 Å². The van der Waals surface area contributed by atoms with Crippen LogP contribution in [0.5, 0.6) is 0 Å². The molecule has 94 valence electrons. The molecule has 6 heteroatoms. The molecule has 0 atom stereocenters. The first-order chi connectivity index (χ1) is 8.41. The Labute approximate surface area is 113 Å². The summed E-state index contributed by atoms with van der Waals surface area (Å²) < 4.78 is 0. The highest BCUT2D eigenvalue weighted by atomic mass is 35.5. The zero-order chi connectivity index (χ0) is 13.7. The highest BCUT2D eigenvalue weighted by Crippen LogP contribution is 2.25. The fourth-order valence-electron chi connectivity index (χ4n) is 1.08. The van der Waals surface area contributed by atoms with Crippen LogP contribution in [-0.4, -0.2) is 22.0 Å². The van der Waals surface area contributed by atoms with Crippen molar-refractivity contribution < 1.29 is 19.8 Å². The van der Waals surface area contributed by atoms with Gasteiger partial charge in [0.2, 0.25) is 0 Å². The number of carboxylic acid groups (broad SMARTS) is 1. The molecule has 0 aromatic heterocycles. The molecule has 0 aliphatic carbocycles. The normalized spacial score (nSPS) is 11.8. The minimum Gasteiger partial charge on any atom is -0.507 e. The molecule has 0 radical (unpaired) electrons. The van der Waals surface area contributed by atoms with Crippen molar-refractivity contribution in [3.8, 4) is 0 Å². The molecular weight excluding hydrogens is 279 g/mol. The van der Waals surface area contributed by atoms with Crippen molar-refractivity contribution in [3.63, 3.8) is 0 Å². The number of hydrogen-bond acceptors (Lipinski definition) is 3. The van der Waals surface area contributed by atoms with Crippen molar-refractivity contribution >= 4 is 40.7 Å². The summed E-state index contributed by atoms with van der Waals surface area (Å²) in [6.07, 6.45) is 3.11. The number of benzene rings is 1. The number of carbonyl (C=O) groups is 2. The lowest BCUT2D eigenvalue weighted by atomic mass is 10.1. The molecule has 0 saturated heterocycles. The summed E-state index contributed by atoms with van der Waals surface area (Å²) in [4.78, 5) is 20.9. The van der Waals surface area contributed by atoms with E-state index in [9.17, 15) is 14.7 Å². The van der Waals surface area contributed by atoms with Gasteiger partial charge in [-0.2, -0.15) is 0 Å². The van der Waals surface area contributed by atoms with E-state index in [4.69, 9.17) is 28.3 Å². The number of hydrogen-bond donors (Lipinski definition) is 2. The van der Waals surface area contributed by atoms with Gasteiger partial charge >= 0.3 is 5.97 Å². The fraction of sp³-hybridized carbons (Fsp3) is 0. The van der Waals surface area contributed by atoms with Crippen molar-refractivity contribution in [3.05, 3.63) is 52.0 Å². The average molecular weight is 287 g/mol. The van der Waals surface area contributed by atoms with Crippen molar-refractivity contribution in [1.82, 2.24) is 0 Å². The van der Waals surface area contributed by atoms with E-state index < -0.39 is 11.8 Å². The SMILES string of the molecule is O=C(O)C(=O)/C=C/C=C(\O)c1ccc(Cl)cc1Cl. The van der Waals surface area contributed by atoms with Crippen molar-refractivity contribution in [2.24, 2.45) is 0 Å². The van der Waals surface area contributed by atoms with Crippen LogP contribution in [0.15, 0.2) is 36.4 Å². The molecule has 0 aliphatic rings. The fourth-order valence-corrected chi connectivity index (χ4v) is 1.59. The predicted molar refractivity (Wildman–Crippen MR) is 68.9 cm³/mol. The maximum Gasteiger partial charge on any atom is 0.376 e. The Morgan fingerprint density at radius 3 is 2.39 bits per heavy atom. The summed E-state index contributed by atoms with van der Waals surface area (Å²) in [5.41, 5.74) is 0.327. The monoisotopic (exact) mass is 286 g/mol. The highest BCUT2D eigenvalue weighted by Gasteiger charge is 2.06. The molecule has 1 aromatic rings. The topological polar surface area (TPSA) is 74.6 Å². The van der Waals surface area contributed by atoms with Gasteiger partial charge in [-0.1, -0.05) is 29.3 Å². The second-order valence-electron chi connectivity index (χ2n) is 3.20. The third-order valence-electron chi connectivity index (χ3n) is 1.92. The summed E-state index contributed by atoms with van der Waals surface area (Å²) in [6.45, 7) is 0. The van der Waals surface area contributed by atoms with Crippen molar-refractivity contribution in [2.45, 2.75) is 0 Å². The molecule has 2 N–H and O–H groups in total. The molecule has 0 saturated carbocycles. The lowest BCUT2D eigenvalue weighted by molar-refractivity contribution is -0.146. The van der Waals surface area contributed by atoms with E-state index in [1.165, 1.54) is 12.1 Å². The van der Waals surface area contributed by atoms with Crippen molar-refractivity contribution in [1.29, 1.82) is 0 Å². The van der Waals surface area contributed by atoms with E-state index in [0.29, 0.717) is 10.6 Å². The third-order valence-corrected chi connectivity index (χ3v) is 2.47. The second kappa shape index (κ2) is 6.23. The Morgan fingerprint density at radius 2 is 1.83 bits per heavy atom. The number of aliphatic carboxylic acids is 1. The summed E-state index contributed by atoms with van der Waals surface area (Å²) in [6, 6.07) is 4.50.